The molecule has 0 bridgehead atoms. The number of aromatic nitrogens is 1. The number of ether oxygens (including phenoxy) is 1. The Kier molecular flexibility index (Phi) is 8.70. The van der Waals surface area contributed by atoms with Gasteiger partial charge in [-0.25, -0.2) is 9.98 Å². The van der Waals surface area contributed by atoms with Crippen molar-refractivity contribution in [1.29, 1.82) is 0 Å². The van der Waals surface area contributed by atoms with Crippen molar-refractivity contribution in [3.8, 4) is 0 Å². The van der Waals surface area contributed by atoms with Gasteiger partial charge in [-0.15, -0.1) is 0 Å². The largest absolute Gasteiger partial charge is 0.466 e. The quantitative estimate of drug-likeness (QED) is 0.372. The van der Waals surface area contributed by atoms with E-state index in [9.17, 15) is 9.59 Å². The standard InChI is InChI=1S/C23H36N6O3/c1-3-25-23(29-12-6-8-19(16-29)22(31)32-4-2)27-15-18-7-5-11-26-21(18)28-13-9-17(10-14-28)20(24)30/h5,7,11,17,19H,3-4,6,8-10,12-16H2,1-2H3,(H2,24,30)(H,25,27). The van der Waals surface area contributed by atoms with Gasteiger partial charge in [0, 0.05) is 50.4 Å². The van der Waals surface area contributed by atoms with Crippen molar-refractivity contribution in [3.63, 3.8) is 0 Å². The first kappa shape index (κ1) is 23.8. The lowest BCUT2D eigenvalue weighted by atomic mass is 9.96. The number of carbonyl (C=O) groups is 2. The fourth-order valence-corrected chi connectivity index (χ4v) is 4.42. The number of nitrogens with zero attached hydrogens (tertiary/aromatic N) is 4. The monoisotopic (exact) mass is 444 g/mol. The molecule has 3 heterocycles. The number of carbonyl (C=O) groups excluding carboxylic acids is 2. The second-order valence-corrected chi connectivity index (χ2v) is 8.36. The Hall–Kier alpha value is -2.84. The fourth-order valence-electron chi connectivity index (χ4n) is 4.42. The van der Waals surface area contributed by atoms with Gasteiger partial charge in [0.2, 0.25) is 5.91 Å². The van der Waals surface area contributed by atoms with Crippen molar-refractivity contribution >= 4 is 23.7 Å². The van der Waals surface area contributed by atoms with Crippen LogP contribution < -0.4 is 16.0 Å². The first-order chi connectivity index (χ1) is 15.5. The van der Waals surface area contributed by atoms with E-state index in [1.165, 1.54) is 0 Å². The third kappa shape index (κ3) is 6.11. The number of hydrogen-bond acceptors (Lipinski definition) is 6. The number of primary amides is 1. The molecule has 9 heteroatoms. The molecule has 0 aliphatic carbocycles. The molecule has 3 rings (SSSR count). The molecule has 1 aromatic rings. The van der Waals surface area contributed by atoms with Gasteiger partial charge in [0.1, 0.15) is 5.82 Å². The normalized spacial score (nSPS) is 20.2. The molecular formula is C23H36N6O3. The number of piperidine rings is 2. The maximum atomic E-state index is 12.2. The number of nitrogens with two attached hydrogens (primary N) is 1. The molecule has 0 saturated carbocycles. The predicted molar refractivity (Wildman–Crippen MR) is 124 cm³/mol. The van der Waals surface area contributed by atoms with Gasteiger partial charge in [-0.1, -0.05) is 6.07 Å². The number of aliphatic imine (C=N–C) groups is 1. The minimum Gasteiger partial charge on any atom is -0.466 e. The van der Waals surface area contributed by atoms with Crippen molar-refractivity contribution in [2.24, 2.45) is 22.6 Å². The lowest BCUT2D eigenvalue weighted by molar-refractivity contribution is -0.149. The second-order valence-electron chi connectivity index (χ2n) is 8.36. The molecule has 2 saturated heterocycles. The lowest BCUT2D eigenvalue weighted by Gasteiger charge is -2.34. The lowest BCUT2D eigenvalue weighted by Crippen LogP contribution is -2.48. The van der Waals surface area contributed by atoms with Crippen LogP contribution in [0.4, 0.5) is 5.82 Å². The molecule has 2 aliphatic heterocycles. The Morgan fingerprint density at radius 3 is 2.69 bits per heavy atom. The minimum atomic E-state index is -0.214. The zero-order valence-corrected chi connectivity index (χ0v) is 19.3. The van der Waals surface area contributed by atoms with Crippen LogP contribution in [0.5, 0.6) is 0 Å². The van der Waals surface area contributed by atoms with Crippen LogP contribution in [0.15, 0.2) is 23.3 Å². The second kappa shape index (κ2) is 11.7. The number of amides is 1. The molecular weight excluding hydrogens is 408 g/mol. The van der Waals surface area contributed by atoms with E-state index in [1.54, 1.807) is 6.20 Å². The average Bonchev–Trinajstić information content (AvgIpc) is 2.82. The molecule has 1 atom stereocenters. The number of guanidine groups is 1. The first-order valence-corrected chi connectivity index (χ1v) is 11.7. The molecule has 1 amide bonds. The third-order valence-electron chi connectivity index (χ3n) is 6.14. The van der Waals surface area contributed by atoms with Gasteiger partial charge in [0.15, 0.2) is 5.96 Å². The summed E-state index contributed by atoms with van der Waals surface area (Å²) in [6.07, 6.45) is 5.08. The molecule has 1 unspecified atom stereocenters. The summed E-state index contributed by atoms with van der Waals surface area (Å²) >= 11 is 0. The average molecular weight is 445 g/mol. The summed E-state index contributed by atoms with van der Waals surface area (Å²) in [5.41, 5.74) is 6.52. The van der Waals surface area contributed by atoms with Gasteiger partial charge in [0.05, 0.1) is 19.1 Å². The van der Waals surface area contributed by atoms with E-state index in [-0.39, 0.29) is 23.7 Å². The number of hydrogen-bond donors (Lipinski definition) is 2. The van der Waals surface area contributed by atoms with E-state index in [1.807, 2.05) is 26.0 Å². The molecule has 2 aliphatic rings. The Morgan fingerprint density at radius 1 is 1.22 bits per heavy atom. The molecule has 3 N–H and O–H groups in total. The van der Waals surface area contributed by atoms with Crippen molar-refractivity contribution < 1.29 is 14.3 Å². The number of pyridine rings is 1. The zero-order valence-electron chi connectivity index (χ0n) is 19.3. The molecule has 9 nitrogen and oxygen atoms in total. The molecule has 32 heavy (non-hydrogen) atoms. The smallest absolute Gasteiger partial charge is 0.310 e. The number of rotatable bonds is 7. The van der Waals surface area contributed by atoms with Crippen LogP contribution in [-0.2, 0) is 20.9 Å². The first-order valence-electron chi connectivity index (χ1n) is 11.7. The minimum absolute atomic E-state index is 0.0526. The number of likely N-dealkylation sites (tertiary alicyclic amines) is 1. The Labute approximate surface area is 190 Å². The molecule has 1 aromatic heterocycles. The van der Waals surface area contributed by atoms with Crippen LogP contribution in [0, 0.1) is 11.8 Å². The van der Waals surface area contributed by atoms with Crippen molar-refractivity contribution in [2.75, 3.05) is 44.2 Å². The van der Waals surface area contributed by atoms with Crippen LogP contribution in [0.1, 0.15) is 45.1 Å². The van der Waals surface area contributed by atoms with E-state index in [0.29, 0.717) is 19.7 Å². The van der Waals surface area contributed by atoms with Crippen LogP contribution in [0.3, 0.4) is 0 Å². The van der Waals surface area contributed by atoms with E-state index in [2.05, 4.69) is 20.1 Å². The van der Waals surface area contributed by atoms with E-state index >= 15 is 0 Å². The number of nitrogens with one attached hydrogen (secondary N) is 1. The third-order valence-corrected chi connectivity index (χ3v) is 6.14. The van der Waals surface area contributed by atoms with Gasteiger partial charge >= 0.3 is 5.97 Å². The summed E-state index contributed by atoms with van der Waals surface area (Å²) in [5, 5.41) is 3.37. The van der Waals surface area contributed by atoms with E-state index in [0.717, 1.165) is 69.2 Å². The van der Waals surface area contributed by atoms with E-state index < -0.39 is 0 Å². The maximum absolute atomic E-state index is 12.2. The molecule has 2 fully saturated rings. The molecule has 0 spiro atoms. The summed E-state index contributed by atoms with van der Waals surface area (Å²) < 4.78 is 5.24. The molecule has 0 radical (unpaired) electrons. The van der Waals surface area contributed by atoms with Gasteiger partial charge in [-0.3, -0.25) is 9.59 Å². The highest BCUT2D eigenvalue weighted by Crippen LogP contribution is 2.25. The highest BCUT2D eigenvalue weighted by Gasteiger charge is 2.29. The number of anilines is 1. The number of esters is 1. The SMILES string of the molecule is CCNC(=NCc1cccnc1N1CCC(C(N)=O)CC1)N1CCCC(C(=O)OCC)C1. The Morgan fingerprint density at radius 2 is 2.00 bits per heavy atom. The Bertz CT molecular complexity index is 807. The van der Waals surface area contributed by atoms with Gasteiger partial charge in [-0.05, 0) is 45.6 Å². The topological polar surface area (TPSA) is 113 Å². The van der Waals surface area contributed by atoms with Gasteiger partial charge < -0.3 is 25.6 Å². The summed E-state index contributed by atoms with van der Waals surface area (Å²) in [6, 6.07) is 3.97. The van der Waals surface area contributed by atoms with Gasteiger partial charge in [-0.2, -0.15) is 0 Å². The van der Waals surface area contributed by atoms with Crippen LogP contribution in [0.25, 0.3) is 0 Å². The van der Waals surface area contributed by atoms with Gasteiger partial charge in [0.25, 0.3) is 0 Å². The predicted octanol–water partition coefficient (Wildman–Crippen LogP) is 1.52. The summed E-state index contributed by atoms with van der Waals surface area (Å²) in [5.74, 6) is 1.22. The highest BCUT2D eigenvalue weighted by molar-refractivity contribution is 5.81. The summed E-state index contributed by atoms with van der Waals surface area (Å²) in [7, 11) is 0. The van der Waals surface area contributed by atoms with Crippen molar-refractivity contribution in [3.05, 3.63) is 23.9 Å². The molecule has 176 valence electrons. The van der Waals surface area contributed by atoms with Crippen LogP contribution >= 0.6 is 0 Å². The van der Waals surface area contributed by atoms with E-state index in [4.69, 9.17) is 15.5 Å². The van der Waals surface area contributed by atoms with Crippen molar-refractivity contribution in [2.45, 2.75) is 46.1 Å². The fraction of sp³-hybridized carbons (Fsp3) is 0.652. The van der Waals surface area contributed by atoms with Crippen molar-refractivity contribution in [1.82, 2.24) is 15.2 Å². The molecule has 0 aromatic carbocycles. The Balaban J connectivity index is 1.70. The van der Waals surface area contributed by atoms with Crippen LogP contribution in [0.2, 0.25) is 0 Å². The highest BCUT2D eigenvalue weighted by atomic mass is 16.5. The summed E-state index contributed by atoms with van der Waals surface area (Å²) in [6.45, 7) is 8.52. The zero-order chi connectivity index (χ0) is 22.9. The summed E-state index contributed by atoms with van der Waals surface area (Å²) in [4.78, 5) is 37.6. The van der Waals surface area contributed by atoms with Crippen LogP contribution in [-0.4, -0.2) is 67.1 Å². The maximum Gasteiger partial charge on any atom is 0.310 e.